The summed E-state index contributed by atoms with van der Waals surface area (Å²) in [6.07, 6.45) is -5.07. The first kappa shape index (κ1) is 19.0. The second kappa shape index (κ2) is 10.7. The Labute approximate surface area is 118 Å². The van der Waals surface area contributed by atoms with Crippen molar-refractivity contribution >= 4 is 5.96 Å². The third-order valence-electron chi connectivity index (χ3n) is 2.47. The smallest absolute Gasteiger partial charge is 0.383 e. The van der Waals surface area contributed by atoms with Gasteiger partial charge in [0.2, 0.25) is 0 Å². The maximum absolute atomic E-state index is 12.0. The Kier molecular flexibility index (Phi) is 10.2. The molecule has 0 aromatic carbocycles. The van der Waals surface area contributed by atoms with Crippen LogP contribution in [0.4, 0.5) is 13.2 Å². The van der Waals surface area contributed by atoms with Crippen LogP contribution in [0.1, 0.15) is 13.3 Å². The Morgan fingerprint density at radius 2 is 1.95 bits per heavy atom. The fraction of sp³-hybridized carbons (Fsp3) is 0.917. The van der Waals surface area contributed by atoms with Gasteiger partial charge in [-0.15, -0.1) is 0 Å². The number of aliphatic imine (C=N–C) groups is 1. The van der Waals surface area contributed by atoms with Crippen molar-refractivity contribution in [2.75, 3.05) is 53.5 Å². The fourth-order valence-electron chi connectivity index (χ4n) is 1.36. The van der Waals surface area contributed by atoms with Gasteiger partial charge in [-0.3, -0.25) is 4.99 Å². The molecule has 5 nitrogen and oxygen atoms in total. The molecule has 0 radical (unpaired) electrons. The summed E-state index contributed by atoms with van der Waals surface area (Å²) in [7, 11) is 3.59. The first-order valence-electron chi connectivity index (χ1n) is 6.65. The van der Waals surface area contributed by atoms with Gasteiger partial charge < -0.3 is 20.3 Å². The number of ether oxygens (including phenoxy) is 1. The zero-order valence-corrected chi connectivity index (χ0v) is 12.4. The van der Waals surface area contributed by atoms with E-state index in [-0.39, 0.29) is 6.54 Å². The zero-order valence-electron chi connectivity index (χ0n) is 12.4. The highest BCUT2D eigenvalue weighted by molar-refractivity contribution is 5.79. The van der Waals surface area contributed by atoms with Crippen molar-refractivity contribution in [1.29, 1.82) is 0 Å². The van der Waals surface area contributed by atoms with Crippen LogP contribution in [0.3, 0.4) is 0 Å². The summed E-state index contributed by atoms with van der Waals surface area (Å²) in [6.45, 7) is 5.03. The minimum atomic E-state index is -4.17. The molecule has 8 heteroatoms. The molecule has 0 saturated carbocycles. The van der Waals surface area contributed by atoms with Gasteiger partial charge >= 0.3 is 6.18 Å². The molecule has 0 fully saturated rings. The maximum Gasteiger partial charge on any atom is 0.390 e. The van der Waals surface area contributed by atoms with Gasteiger partial charge in [-0.1, -0.05) is 0 Å². The van der Waals surface area contributed by atoms with Gasteiger partial charge in [0.15, 0.2) is 5.96 Å². The van der Waals surface area contributed by atoms with Crippen molar-refractivity contribution in [2.45, 2.75) is 19.5 Å². The third-order valence-corrected chi connectivity index (χ3v) is 2.47. The van der Waals surface area contributed by atoms with Gasteiger partial charge in [0.25, 0.3) is 0 Å². The van der Waals surface area contributed by atoms with Crippen molar-refractivity contribution < 1.29 is 17.9 Å². The number of nitrogens with zero attached hydrogens (tertiary/aromatic N) is 2. The molecule has 0 aromatic rings. The van der Waals surface area contributed by atoms with Gasteiger partial charge in [-0.25, -0.2) is 0 Å². The number of likely N-dealkylation sites (N-methyl/N-ethyl adjacent to an activating group) is 1. The summed E-state index contributed by atoms with van der Waals surface area (Å²) >= 11 is 0. The molecule has 0 aromatic heterocycles. The van der Waals surface area contributed by atoms with Crippen LogP contribution in [-0.4, -0.2) is 70.5 Å². The molecule has 0 atom stereocenters. The lowest BCUT2D eigenvalue weighted by molar-refractivity contribution is -0.132. The molecule has 0 saturated heterocycles. The summed E-state index contributed by atoms with van der Waals surface area (Å²) in [5.41, 5.74) is 0. The largest absolute Gasteiger partial charge is 0.390 e. The molecular formula is C12H25F3N4O. The summed E-state index contributed by atoms with van der Waals surface area (Å²) in [5, 5.41) is 5.92. The van der Waals surface area contributed by atoms with Crippen LogP contribution in [0, 0.1) is 0 Å². The number of alkyl halides is 3. The van der Waals surface area contributed by atoms with Gasteiger partial charge in [0.1, 0.15) is 0 Å². The normalized spacial score (nSPS) is 12.8. The molecule has 120 valence electrons. The highest BCUT2D eigenvalue weighted by Gasteiger charge is 2.26. The lowest BCUT2D eigenvalue weighted by Crippen LogP contribution is -2.41. The number of hydrogen-bond donors (Lipinski definition) is 2. The Bertz CT molecular complexity index is 272. The topological polar surface area (TPSA) is 48.9 Å². The standard InChI is InChI=1S/C12H25F3N4O/c1-4-16-11(17-6-5-12(13,14)15)18-7-8-19(2)9-10-20-3/h4-10H2,1-3H3,(H2,16,17,18). The van der Waals surface area contributed by atoms with E-state index in [1.807, 2.05) is 14.0 Å². The number of halogens is 3. The van der Waals surface area contributed by atoms with E-state index in [0.29, 0.717) is 25.7 Å². The van der Waals surface area contributed by atoms with Crippen LogP contribution in [0.15, 0.2) is 4.99 Å². The first-order chi connectivity index (χ1) is 9.39. The predicted molar refractivity (Wildman–Crippen MR) is 74.0 cm³/mol. The SMILES string of the molecule is CCNC(=NCCC(F)(F)F)NCCN(C)CCOC. The van der Waals surface area contributed by atoms with Crippen LogP contribution < -0.4 is 10.6 Å². The molecule has 0 spiro atoms. The summed E-state index contributed by atoms with van der Waals surface area (Å²) in [4.78, 5) is 5.95. The fourth-order valence-corrected chi connectivity index (χ4v) is 1.36. The van der Waals surface area contributed by atoms with Gasteiger partial charge in [-0.2, -0.15) is 13.2 Å². The van der Waals surface area contributed by atoms with Crippen LogP contribution in [0.2, 0.25) is 0 Å². The van der Waals surface area contributed by atoms with Crippen molar-refractivity contribution in [3.05, 3.63) is 0 Å². The number of methoxy groups -OCH3 is 1. The number of nitrogens with one attached hydrogen (secondary N) is 2. The Morgan fingerprint density at radius 1 is 1.25 bits per heavy atom. The lowest BCUT2D eigenvalue weighted by atomic mass is 10.4. The Hall–Kier alpha value is -1.02. The van der Waals surface area contributed by atoms with Gasteiger partial charge in [0, 0.05) is 33.3 Å². The lowest BCUT2D eigenvalue weighted by Gasteiger charge is -2.17. The number of hydrogen-bond acceptors (Lipinski definition) is 3. The molecule has 0 rings (SSSR count). The van der Waals surface area contributed by atoms with E-state index in [9.17, 15) is 13.2 Å². The van der Waals surface area contributed by atoms with Crippen molar-refractivity contribution in [3.8, 4) is 0 Å². The van der Waals surface area contributed by atoms with Gasteiger partial charge in [-0.05, 0) is 14.0 Å². The monoisotopic (exact) mass is 298 g/mol. The maximum atomic E-state index is 12.0. The van der Waals surface area contributed by atoms with Crippen molar-refractivity contribution in [1.82, 2.24) is 15.5 Å². The number of rotatable bonds is 9. The predicted octanol–water partition coefficient (Wildman–Crippen LogP) is 1.07. The molecule has 0 heterocycles. The highest BCUT2D eigenvalue weighted by Crippen LogP contribution is 2.18. The summed E-state index contributed by atoms with van der Waals surface area (Å²) < 4.78 is 41.1. The van der Waals surface area contributed by atoms with E-state index in [0.717, 1.165) is 13.1 Å². The third kappa shape index (κ3) is 12.0. The average molecular weight is 298 g/mol. The molecule has 0 aliphatic carbocycles. The van der Waals surface area contributed by atoms with E-state index in [4.69, 9.17) is 4.74 Å². The quantitative estimate of drug-likeness (QED) is 0.494. The van der Waals surface area contributed by atoms with Crippen LogP contribution in [0.25, 0.3) is 0 Å². The minimum Gasteiger partial charge on any atom is -0.383 e. The average Bonchev–Trinajstić information content (AvgIpc) is 2.34. The summed E-state index contributed by atoms with van der Waals surface area (Å²) in [6, 6.07) is 0. The van der Waals surface area contributed by atoms with E-state index in [2.05, 4.69) is 20.5 Å². The van der Waals surface area contributed by atoms with Gasteiger partial charge in [0.05, 0.1) is 19.6 Å². The molecule has 20 heavy (non-hydrogen) atoms. The Morgan fingerprint density at radius 3 is 2.50 bits per heavy atom. The van der Waals surface area contributed by atoms with Crippen LogP contribution in [-0.2, 0) is 4.74 Å². The van der Waals surface area contributed by atoms with Crippen molar-refractivity contribution in [3.63, 3.8) is 0 Å². The Balaban J connectivity index is 3.98. The van der Waals surface area contributed by atoms with Crippen LogP contribution >= 0.6 is 0 Å². The number of guanidine groups is 1. The van der Waals surface area contributed by atoms with E-state index >= 15 is 0 Å². The van der Waals surface area contributed by atoms with Crippen molar-refractivity contribution in [2.24, 2.45) is 4.99 Å². The molecular weight excluding hydrogens is 273 g/mol. The molecule has 0 bridgehead atoms. The second-order valence-electron chi connectivity index (χ2n) is 4.35. The zero-order chi connectivity index (χ0) is 15.4. The van der Waals surface area contributed by atoms with E-state index in [1.54, 1.807) is 7.11 Å². The van der Waals surface area contributed by atoms with Crippen LogP contribution in [0.5, 0.6) is 0 Å². The molecule has 0 amide bonds. The molecule has 0 aliphatic rings. The minimum absolute atomic E-state index is 0.266. The highest BCUT2D eigenvalue weighted by atomic mass is 19.4. The molecule has 2 N–H and O–H groups in total. The first-order valence-corrected chi connectivity index (χ1v) is 6.65. The second-order valence-corrected chi connectivity index (χ2v) is 4.35. The van der Waals surface area contributed by atoms with E-state index in [1.165, 1.54) is 0 Å². The molecule has 0 unspecified atom stereocenters. The van der Waals surface area contributed by atoms with E-state index < -0.39 is 12.6 Å². The summed E-state index contributed by atoms with van der Waals surface area (Å²) in [5.74, 6) is 0.414. The molecule has 0 aliphatic heterocycles.